The molecule has 0 aliphatic carbocycles. The molecule has 0 unspecified atom stereocenters. The van der Waals surface area contributed by atoms with E-state index in [2.05, 4.69) is 0 Å². The van der Waals surface area contributed by atoms with Gasteiger partial charge >= 0.3 is 18.3 Å². The van der Waals surface area contributed by atoms with Crippen LogP contribution in [-0.4, -0.2) is 23.4 Å². The minimum absolute atomic E-state index is 0.0380. The lowest BCUT2D eigenvalue weighted by Crippen LogP contribution is -2.39. The van der Waals surface area contributed by atoms with Crippen LogP contribution in [0.5, 0.6) is 0 Å². The number of benzene rings is 2. The summed E-state index contributed by atoms with van der Waals surface area (Å²) in [7, 11) is 0. The lowest BCUT2D eigenvalue weighted by atomic mass is 9.93. The third-order valence-corrected chi connectivity index (χ3v) is 3.35. The van der Waals surface area contributed by atoms with Gasteiger partial charge in [-0.2, -0.15) is 26.3 Å². The summed E-state index contributed by atoms with van der Waals surface area (Å²) in [5, 5.41) is 9.85. The van der Waals surface area contributed by atoms with Gasteiger partial charge in [0.15, 0.2) is 5.92 Å². The van der Waals surface area contributed by atoms with Crippen LogP contribution >= 0.6 is 0 Å². The second kappa shape index (κ2) is 6.18. The third-order valence-electron chi connectivity index (χ3n) is 3.35. The zero-order valence-corrected chi connectivity index (χ0v) is 11.8. The van der Waals surface area contributed by atoms with Gasteiger partial charge < -0.3 is 5.11 Å². The molecular formula is C16H10F6O2. The molecule has 1 N–H and O–H groups in total. The fourth-order valence-corrected chi connectivity index (χ4v) is 2.35. The molecule has 128 valence electrons. The van der Waals surface area contributed by atoms with Crippen LogP contribution in [-0.2, 0) is 4.79 Å². The van der Waals surface area contributed by atoms with Crippen molar-refractivity contribution < 1.29 is 36.2 Å². The quantitative estimate of drug-likeness (QED) is 0.623. The molecule has 2 aromatic carbocycles. The Morgan fingerprint density at radius 2 is 1.46 bits per heavy atom. The molecule has 2 aromatic rings. The Balaban J connectivity index is 2.69. The van der Waals surface area contributed by atoms with Crippen LogP contribution in [0.25, 0.3) is 16.8 Å². The fraction of sp³-hybridized carbons (Fsp3) is 0.188. The first-order valence-electron chi connectivity index (χ1n) is 6.58. The number of halogens is 6. The van der Waals surface area contributed by atoms with E-state index in [1.165, 1.54) is 18.2 Å². The van der Waals surface area contributed by atoms with Crippen molar-refractivity contribution in [2.45, 2.75) is 12.4 Å². The van der Waals surface area contributed by atoms with Gasteiger partial charge in [-0.25, -0.2) is 4.79 Å². The first-order valence-corrected chi connectivity index (χ1v) is 6.58. The molecule has 24 heavy (non-hydrogen) atoms. The minimum Gasteiger partial charge on any atom is -0.478 e. The van der Waals surface area contributed by atoms with Gasteiger partial charge in [0, 0.05) is 0 Å². The molecular weight excluding hydrogens is 338 g/mol. The van der Waals surface area contributed by atoms with E-state index >= 15 is 0 Å². The van der Waals surface area contributed by atoms with Gasteiger partial charge in [0.25, 0.3) is 0 Å². The van der Waals surface area contributed by atoms with E-state index in [0.29, 0.717) is 16.8 Å². The Bertz CT molecular complexity index is 770. The molecule has 0 radical (unpaired) electrons. The second-order valence-corrected chi connectivity index (χ2v) is 4.99. The molecule has 0 aliphatic heterocycles. The van der Waals surface area contributed by atoms with Crippen LogP contribution in [0.1, 0.15) is 5.56 Å². The minimum atomic E-state index is -5.77. The molecule has 2 nitrogen and oxygen atoms in total. The number of fused-ring (bicyclic) bond motifs is 1. The first kappa shape index (κ1) is 17.8. The molecule has 0 amide bonds. The van der Waals surface area contributed by atoms with Gasteiger partial charge in [0.1, 0.15) is 0 Å². The average Bonchev–Trinajstić information content (AvgIpc) is 2.44. The van der Waals surface area contributed by atoms with E-state index in [4.69, 9.17) is 5.11 Å². The van der Waals surface area contributed by atoms with Crippen LogP contribution < -0.4 is 0 Å². The largest absolute Gasteiger partial charge is 0.478 e. The topological polar surface area (TPSA) is 37.3 Å². The number of hydrogen-bond donors (Lipinski definition) is 1. The normalized spacial score (nSPS) is 13.5. The zero-order valence-electron chi connectivity index (χ0n) is 11.8. The molecule has 0 fully saturated rings. The average molecular weight is 348 g/mol. The molecule has 0 spiro atoms. The second-order valence-electron chi connectivity index (χ2n) is 4.99. The predicted octanol–water partition coefficient (Wildman–Crippen LogP) is 5.05. The van der Waals surface area contributed by atoms with Crippen LogP contribution in [0, 0.1) is 5.92 Å². The molecule has 0 aromatic heterocycles. The molecule has 0 bridgehead atoms. The summed E-state index contributed by atoms with van der Waals surface area (Å²) < 4.78 is 76.9. The Morgan fingerprint density at radius 1 is 0.917 bits per heavy atom. The Labute approximate surface area is 132 Å². The van der Waals surface area contributed by atoms with Gasteiger partial charge in [0.2, 0.25) is 0 Å². The number of alkyl halides is 6. The van der Waals surface area contributed by atoms with Crippen molar-refractivity contribution in [3.05, 3.63) is 53.6 Å². The van der Waals surface area contributed by atoms with Gasteiger partial charge in [-0.3, -0.25) is 0 Å². The summed E-state index contributed by atoms with van der Waals surface area (Å²) in [5.74, 6) is -6.34. The molecule has 0 aliphatic rings. The maximum atomic E-state index is 12.8. The number of carbonyl (C=O) groups is 1. The summed E-state index contributed by atoms with van der Waals surface area (Å²) in [6.07, 6.45) is -11.1. The lowest BCUT2D eigenvalue weighted by molar-refractivity contribution is -0.271. The highest BCUT2D eigenvalue weighted by Crippen LogP contribution is 2.44. The standard InChI is InChI=1S/C16H10F6O2/c17-15(18,19)13(16(20,21)22)12(14(23)24)8-10-6-3-5-9-4-1-2-7-11(9)10/h1-8,13H,(H,23,24). The monoisotopic (exact) mass is 348 g/mol. The maximum Gasteiger partial charge on any atom is 0.404 e. The highest BCUT2D eigenvalue weighted by molar-refractivity contribution is 5.98. The molecule has 0 heterocycles. The maximum absolute atomic E-state index is 12.8. The van der Waals surface area contributed by atoms with Crippen molar-refractivity contribution >= 4 is 22.8 Å². The Hall–Kier alpha value is -2.51. The third kappa shape index (κ3) is 3.69. The Kier molecular flexibility index (Phi) is 4.59. The van der Waals surface area contributed by atoms with Crippen LogP contribution in [0.4, 0.5) is 26.3 Å². The number of hydrogen-bond acceptors (Lipinski definition) is 1. The molecule has 0 saturated heterocycles. The van der Waals surface area contributed by atoms with E-state index in [1.807, 2.05) is 0 Å². The highest BCUT2D eigenvalue weighted by Gasteiger charge is 2.60. The lowest BCUT2D eigenvalue weighted by Gasteiger charge is -2.23. The number of aliphatic carboxylic acids is 1. The van der Waals surface area contributed by atoms with Crippen molar-refractivity contribution in [3.63, 3.8) is 0 Å². The fourth-order valence-electron chi connectivity index (χ4n) is 2.35. The summed E-state index contributed by atoms with van der Waals surface area (Å²) in [5.41, 5.74) is -1.81. The van der Waals surface area contributed by atoms with E-state index in [1.54, 1.807) is 24.3 Å². The van der Waals surface area contributed by atoms with Crippen molar-refractivity contribution in [2.24, 2.45) is 5.92 Å². The summed E-state index contributed by atoms with van der Waals surface area (Å²) in [4.78, 5) is 11.1. The number of carboxylic acid groups (broad SMARTS) is 1. The van der Waals surface area contributed by atoms with E-state index in [-0.39, 0.29) is 5.56 Å². The van der Waals surface area contributed by atoms with Crippen molar-refractivity contribution in [1.29, 1.82) is 0 Å². The van der Waals surface area contributed by atoms with Crippen LogP contribution in [0.2, 0.25) is 0 Å². The van der Waals surface area contributed by atoms with Gasteiger partial charge in [0.05, 0.1) is 5.57 Å². The van der Waals surface area contributed by atoms with Crippen molar-refractivity contribution in [3.8, 4) is 0 Å². The zero-order chi connectivity index (χ0) is 18.1. The first-order chi connectivity index (χ1) is 11.0. The summed E-state index contributed by atoms with van der Waals surface area (Å²) >= 11 is 0. The summed E-state index contributed by atoms with van der Waals surface area (Å²) in [6.45, 7) is 0. The van der Waals surface area contributed by atoms with Crippen molar-refractivity contribution in [1.82, 2.24) is 0 Å². The smallest absolute Gasteiger partial charge is 0.404 e. The molecule has 2 rings (SSSR count). The summed E-state index contributed by atoms with van der Waals surface area (Å²) in [6, 6.07) is 10.6. The van der Waals surface area contributed by atoms with Crippen molar-refractivity contribution in [2.75, 3.05) is 0 Å². The number of carboxylic acids is 1. The van der Waals surface area contributed by atoms with E-state index in [0.717, 1.165) is 0 Å². The van der Waals surface area contributed by atoms with Gasteiger partial charge in [-0.05, 0) is 22.4 Å². The van der Waals surface area contributed by atoms with Crippen LogP contribution in [0.15, 0.2) is 48.0 Å². The van der Waals surface area contributed by atoms with E-state index < -0.39 is 29.8 Å². The van der Waals surface area contributed by atoms with E-state index in [9.17, 15) is 31.1 Å². The van der Waals surface area contributed by atoms with Gasteiger partial charge in [-0.15, -0.1) is 0 Å². The molecule has 0 saturated carbocycles. The molecule has 0 atom stereocenters. The SMILES string of the molecule is O=C(O)C(=Cc1cccc2ccccc12)C(C(F)(F)F)C(F)(F)F. The highest BCUT2D eigenvalue weighted by atomic mass is 19.4. The predicted molar refractivity (Wildman–Crippen MR) is 75.2 cm³/mol. The number of rotatable bonds is 3. The Morgan fingerprint density at radius 3 is 2.00 bits per heavy atom. The van der Waals surface area contributed by atoms with Crippen LogP contribution in [0.3, 0.4) is 0 Å². The molecule has 8 heteroatoms. The van der Waals surface area contributed by atoms with Gasteiger partial charge in [-0.1, -0.05) is 42.5 Å².